The van der Waals surface area contributed by atoms with E-state index in [1.807, 2.05) is 25.3 Å². The molecule has 0 aliphatic rings. The van der Waals surface area contributed by atoms with Crippen LogP contribution in [0.1, 0.15) is 20.3 Å². The van der Waals surface area contributed by atoms with E-state index in [2.05, 4.69) is 22.3 Å². The summed E-state index contributed by atoms with van der Waals surface area (Å²) in [5, 5.41) is 7.58. The van der Waals surface area contributed by atoms with Gasteiger partial charge in [-0.25, -0.2) is 9.50 Å². The van der Waals surface area contributed by atoms with Crippen LogP contribution in [0.15, 0.2) is 24.5 Å². The van der Waals surface area contributed by atoms with Gasteiger partial charge in [-0.1, -0.05) is 0 Å². The first-order valence-electron chi connectivity index (χ1n) is 5.36. The molecule has 0 bridgehead atoms. The average molecular weight is 239 g/mol. The summed E-state index contributed by atoms with van der Waals surface area (Å²) in [5.41, 5.74) is 0.844. The van der Waals surface area contributed by atoms with E-state index in [9.17, 15) is 0 Å². The van der Waals surface area contributed by atoms with Gasteiger partial charge >= 0.3 is 0 Å². The molecule has 2 rings (SSSR count). The number of aromatic nitrogens is 3. The smallest absolute Gasteiger partial charge is 0.157 e. The molecule has 0 amide bonds. The summed E-state index contributed by atoms with van der Waals surface area (Å²) in [6.45, 7) is 4.09. The Morgan fingerprint density at radius 3 is 3.00 bits per heavy atom. The molecule has 2 aromatic heterocycles. The molecule has 0 saturated heterocycles. The number of anilines is 1. The van der Waals surface area contributed by atoms with Gasteiger partial charge in [-0.3, -0.25) is 0 Å². The summed E-state index contributed by atoms with van der Waals surface area (Å²) in [6.07, 6.45) is 4.53. The highest BCUT2D eigenvalue weighted by Crippen LogP contribution is 2.11. The summed E-state index contributed by atoms with van der Waals surface area (Å²) < 4.78 is 1.74. The molecule has 0 spiro atoms. The molecule has 0 fully saturated rings. The van der Waals surface area contributed by atoms with Crippen LogP contribution in [0, 0.1) is 0 Å². The Morgan fingerprint density at radius 2 is 2.25 bits per heavy atom. The zero-order valence-electron chi connectivity index (χ0n) is 9.39. The highest BCUT2D eigenvalue weighted by atomic mass is 35.5. The summed E-state index contributed by atoms with van der Waals surface area (Å²) in [7, 11) is 0. The van der Waals surface area contributed by atoms with E-state index in [0.717, 1.165) is 17.9 Å². The molecule has 0 saturated carbocycles. The molecule has 2 heterocycles. The van der Waals surface area contributed by atoms with E-state index in [1.54, 1.807) is 10.7 Å². The molecule has 86 valence electrons. The predicted molar refractivity (Wildman–Crippen MR) is 66.0 cm³/mol. The van der Waals surface area contributed by atoms with Crippen molar-refractivity contribution >= 4 is 23.1 Å². The molecule has 0 aliphatic carbocycles. The van der Waals surface area contributed by atoms with Gasteiger partial charge in [-0.2, -0.15) is 5.10 Å². The van der Waals surface area contributed by atoms with Crippen molar-refractivity contribution < 1.29 is 0 Å². The average Bonchev–Trinajstić information content (AvgIpc) is 2.63. The first-order chi connectivity index (χ1) is 7.65. The van der Waals surface area contributed by atoms with Crippen molar-refractivity contribution in [2.45, 2.75) is 31.7 Å². The summed E-state index contributed by atoms with van der Waals surface area (Å²) in [6, 6.07) is 4.10. The maximum Gasteiger partial charge on any atom is 0.157 e. The van der Waals surface area contributed by atoms with Gasteiger partial charge in [0.1, 0.15) is 5.82 Å². The van der Waals surface area contributed by atoms with Crippen LogP contribution in [0.2, 0.25) is 0 Å². The number of hydrogen-bond donors (Lipinski definition) is 1. The fraction of sp³-hybridized carbons (Fsp3) is 0.455. The van der Waals surface area contributed by atoms with Gasteiger partial charge in [-0.15, -0.1) is 11.6 Å². The summed E-state index contributed by atoms with van der Waals surface area (Å²) in [4.78, 5) is 4.43. The van der Waals surface area contributed by atoms with Crippen molar-refractivity contribution in [3.8, 4) is 0 Å². The van der Waals surface area contributed by atoms with Crippen molar-refractivity contribution in [2.75, 3.05) is 5.32 Å². The van der Waals surface area contributed by atoms with Crippen LogP contribution in [0.4, 0.5) is 5.82 Å². The molecule has 1 N–H and O–H groups in total. The van der Waals surface area contributed by atoms with E-state index in [1.165, 1.54) is 0 Å². The highest BCUT2D eigenvalue weighted by molar-refractivity contribution is 6.20. The largest absolute Gasteiger partial charge is 0.367 e. The molecule has 0 aromatic carbocycles. The van der Waals surface area contributed by atoms with Crippen LogP contribution < -0.4 is 5.32 Å². The third-order valence-corrected chi connectivity index (χ3v) is 2.51. The minimum absolute atomic E-state index is 0.168. The Morgan fingerprint density at radius 1 is 1.44 bits per heavy atom. The monoisotopic (exact) mass is 238 g/mol. The van der Waals surface area contributed by atoms with Crippen LogP contribution in [0.25, 0.3) is 5.65 Å². The molecule has 2 aromatic rings. The maximum atomic E-state index is 5.94. The van der Waals surface area contributed by atoms with E-state index in [0.29, 0.717) is 6.04 Å². The van der Waals surface area contributed by atoms with Crippen molar-refractivity contribution in [1.29, 1.82) is 0 Å². The number of nitrogens with one attached hydrogen (secondary N) is 1. The Bertz CT molecular complexity index is 466. The number of nitrogens with zero attached hydrogens (tertiary/aromatic N) is 3. The Balaban J connectivity index is 2.08. The summed E-state index contributed by atoms with van der Waals surface area (Å²) >= 11 is 5.94. The van der Waals surface area contributed by atoms with E-state index >= 15 is 0 Å². The van der Waals surface area contributed by atoms with E-state index in [-0.39, 0.29) is 5.38 Å². The van der Waals surface area contributed by atoms with E-state index in [4.69, 9.17) is 11.6 Å². The van der Waals surface area contributed by atoms with Crippen molar-refractivity contribution in [2.24, 2.45) is 0 Å². The lowest BCUT2D eigenvalue weighted by Crippen LogP contribution is -2.19. The molecule has 0 radical (unpaired) electrons. The Hall–Kier alpha value is -1.29. The van der Waals surface area contributed by atoms with Crippen molar-refractivity contribution in [3.05, 3.63) is 24.5 Å². The van der Waals surface area contributed by atoms with Crippen molar-refractivity contribution in [3.63, 3.8) is 0 Å². The Kier molecular flexibility index (Phi) is 3.29. The van der Waals surface area contributed by atoms with Crippen molar-refractivity contribution in [1.82, 2.24) is 14.6 Å². The SMILES string of the molecule is CC(Cl)CC(C)Nc1ccn2nccc2n1. The number of alkyl halides is 1. The highest BCUT2D eigenvalue weighted by Gasteiger charge is 2.07. The fourth-order valence-corrected chi connectivity index (χ4v) is 1.96. The van der Waals surface area contributed by atoms with Crippen LogP contribution in [0.3, 0.4) is 0 Å². The molecular formula is C11H15ClN4. The normalized spacial score (nSPS) is 14.9. The third kappa shape index (κ3) is 2.64. The molecular weight excluding hydrogens is 224 g/mol. The summed E-state index contributed by atoms with van der Waals surface area (Å²) in [5.74, 6) is 0.859. The van der Waals surface area contributed by atoms with Crippen LogP contribution >= 0.6 is 11.6 Å². The Labute approximate surface area is 99.6 Å². The molecule has 2 atom stereocenters. The second-order valence-corrected chi connectivity index (χ2v) is 4.75. The van der Waals surface area contributed by atoms with Gasteiger partial charge < -0.3 is 5.32 Å². The van der Waals surface area contributed by atoms with Gasteiger partial charge in [0.2, 0.25) is 0 Å². The minimum Gasteiger partial charge on any atom is -0.367 e. The topological polar surface area (TPSA) is 42.2 Å². The second kappa shape index (κ2) is 4.70. The lowest BCUT2D eigenvalue weighted by Gasteiger charge is -2.15. The maximum absolute atomic E-state index is 5.94. The first-order valence-corrected chi connectivity index (χ1v) is 5.80. The number of halogens is 1. The number of hydrogen-bond acceptors (Lipinski definition) is 3. The van der Waals surface area contributed by atoms with Crippen LogP contribution in [-0.2, 0) is 0 Å². The van der Waals surface area contributed by atoms with Gasteiger partial charge in [0.05, 0.1) is 6.20 Å². The lowest BCUT2D eigenvalue weighted by molar-refractivity contribution is 0.693. The zero-order valence-corrected chi connectivity index (χ0v) is 10.1. The molecule has 2 unspecified atom stereocenters. The van der Waals surface area contributed by atoms with Crippen LogP contribution in [-0.4, -0.2) is 26.0 Å². The molecule has 0 aliphatic heterocycles. The minimum atomic E-state index is 0.168. The number of rotatable bonds is 4. The first kappa shape index (κ1) is 11.2. The standard InChI is InChI=1S/C11H15ClN4/c1-8(12)7-9(2)14-10-4-6-16-11(15-10)3-5-13-16/h3-6,8-9H,7H2,1-2H3,(H,14,15). The molecule has 4 nitrogen and oxygen atoms in total. The quantitative estimate of drug-likeness (QED) is 0.833. The van der Waals surface area contributed by atoms with E-state index < -0.39 is 0 Å². The lowest BCUT2D eigenvalue weighted by atomic mass is 10.2. The second-order valence-electron chi connectivity index (χ2n) is 4.01. The molecule has 5 heteroatoms. The fourth-order valence-electron chi connectivity index (χ4n) is 1.69. The van der Waals surface area contributed by atoms with Gasteiger partial charge in [0.15, 0.2) is 5.65 Å². The van der Waals surface area contributed by atoms with Gasteiger partial charge in [0, 0.05) is 23.7 Å². The van der Waals surface area contributed by atoms with Gasteiger partial charge in [-0.05, 0) is 26.3 Å². The molecule has 16 heavy (non-hydrogen) atoms. The third-order valence-electron chi connectivity index (χ3n) is 2.33. The zero-order chi connectivity index (χ0) is 11.5. The van der Waals surface area contributed by atoms with Gasteiger partial charge in [0.25, 0.3) is 0 Å². The van der Waals surface area contributed by atoms with Crippen LogP contribution in [0.5, 0.6) is 0 Å². The predicted octanol–water partition coefficient (Wildman–Crippen LogP) is 2.55. The number of fused-ring (bicyclic) bond motifs is 1.